The molecule has 0 spiro atoms. The van der Waals surface area contributed by atoms with Crippen LogP contribution in [-0.4, -0.2) is 0 Å². The third-order valence-corrected chi connectivity index (χ3v) is 11.1. The Labute approximate surface area is 334 Å². The van der Waals surface area contributed by atoms with Gasteiger partial charge in [-0.15, -0.1) is 0 Å². The van der Waals surface area contributed by atoms with Gasteiger partial charge in [0, 0.05) is 22.3 Å². The molecule has 0 aliphatic carbocycles. The lowest BCUT2D eigenvalue weighted by Gasteiger charge is -2.31. The first kappa shape index (κ1) is 34.0. The van der Waals surface area contributed by atoms with Crippen molar-refractivity contribution in [1.82, 2.24) is 0 Å². The zero-order valence-electron chi connectivity index (χ0n) is 31.5. The molecule has 0 radical (unpaired) electrons. The molecule has 268 valence electrons. The van der Waals surface area contributed by atoms with Gasteiger partial charge in [0.05, 0.1) is 5.69 Å². The highest BCUT2D eigenvalue weighted by atomic mass is 15.1. The molecule has 1 heteroatoms. The Hall–Kier alpha value is -7.48. The van der Waals surface area contributed by atoms with E-state index in [4.69, 9.17) is 0 Å². The Kier molecular flexibility index (Phi) is 8.95. The van der Waals surface area contributed by atoms with Crippen LogP contribution in [0.1, 0.15) is 0 Å². The minimum absolute atomic E-state index is 1.09. The lowest BCUT2D eigenvalue weighted by Crippen LogP contribution is -2.12. The van der Waals surface area contributed by atoms with Crippen LogP contribution in [0.25, 0.3) is 77.2 Å². The summed E-state index contributed by atoms with van der Waals surface area (Å²) in [6.07, 6.45) is 0. The molecule has 10 aromatic carbocycles. The van der Waals surface area contributed by atoms with Gasteiger partial charge in [0.15, 0.2) is 0 Å². The van der Waals surface area contributed by atoms with Crippen LogP contribution in [0.4, 0.5) is 17.1 Å². The van der Waals surface area contributed by atoms with E-state index in [1.54, 1.807) is 0 Å². The van der Waals surface area contributed by atoms with Gasteiger partial charge >= 0.3 is 0 Å². The summed E-state index contributed by atoms with van der Waals surface area (Å²) in [5, 5.41) is 4.89. The molecule has 0 aliphatic rings. The monoisotopic (exact) mass is 725 g/mol. The van der Waals surface area contributed by atoms with E-state index < -0.39 is 0 Å². The molecule has 57 heavy (non-hydrogen) atoms. The van der Waals surface area contributed by atoms with E-state index in [1.165, 1.54) is 77.2 Å². The van der Waals surface area contributed by atoms with Crippen LogP contribution in [0.5, 0.6) is 0 Å². The van der Waals surface area contributed by atoms with Gasteiger partial charge in [0.1, 0.15) is 0 Å². The Morgan fingerprint density at radius 1 is 0.211 bits per heavy atom. The van der Waals surface area contributed by atoms with Crippen LogP contribution >= 0.6 is 0 Å². The Morgan fingerprint density at radius 2 is 0.526 bits per heavy atom. The largest absolute Gasteiger partial charge is 0.309 e. The highest BCUT2D eigenvalue weighted by molar-refractivity contribution is 6.22. The smallest absolute Gasteiger partial charge is 0.0624 e. The van der Waals surface area contributed by atoms with Crippen molar-refractivity contribution in [2.45, 2.75) is 0 Å². The normalized spacial score (nSPS) is 11.2. The summed E-state index contributed by atoms with van der Waals surface area (Å²) < 4.78 is 0. The maximum atomic E-state index is 2.47. The molecular weight excluding hydrogens is 687 g/mol. The maximum Gasteiger partial charge on any atom is 0.0624 e. The summed E-state index contributed by atoms with van der Waals surface area (Å²) in [5.41, 5.74) is 15.3. The van der Waals surface area contributed by atoms with Crippen LogP contribution in [0, 0.1) is 0 Å². The van der Waals surface area contributed by atoms with E-state index in [0.717, 1.165) is 17.1 Å². The highest BCUT2D eigenvalue weighted by Crippen LogP contribution is 2.50. The summed E-state index contributed by atoms with van der Waals surface area (Å²) in [5.74, 6) is 0. The van der Waals surface area contributed by atoms with Crippen molar-refractivity contribution in [3.63, 3.8) is 0 Å². The summed E-state index contributed by atoms with van der Waals surface area (Å²) in [6.45, 7) is 0. The van der Waals surface area contributed by atoms with Crippen molar-refractivity contribution in [3.05, 3.63) is 237 Å². The number of benzene rings is 10. The number of fused-ring (bicyclic) bond motifs is 3. The topological polar surface area (TPSA) is 3.24 Å². The van der Waals surface area contributed by atoms with Crippen molar-refractivity contribution in [2.24, 2.45) is 0 Å². The third kappa shape index (κ3) is 6.46. The molecule has 1 nitrogen and oxygen atoms in total. The third-order valence-electron chi connectivity index (χ3n) is 11.1. The number of hydrogen-bond donors (Lipinski definition) is 0. The number of anilines is 3. The highest BCUT2D eigenvalue weighted by Gasteiger charge is 2.24. The van der Waals surface area contributed by atoms with Gasteiger partial charge in [-0.25, -0.2) is 0 Å². The fourth-order valence-corrected chi connectivity index (χ4v) is 8.34. The molecule has 0 aromatic heterocycles. The quantitative estimate of drug-likeness (QED) is 0.141. The zero-order valence-corrected chi connectivity index (χ0v) is 31.5. The van der Waals surface area contributed by atoms with Crippen LogP contribution in [-0.2, 0) is 0 Å². The average Bonchev–Trinajstić information content (AvgIpc) is 3.30. The molecule has 0 N–H and O–H groups in total. The first-order valence-electron chi connectivity index (χ1n) is 19.6. The molecule has 0 atom stereocenters. The zero-order chi connectivity index (χ0) is 38.0. The van der Waals surface area contributed by atoms with E-state index in [2.05, 4.69) is 241 Å². The Balaban J connectivity index is 1.21. The predicted molar refractivity (Wildman–Crippen MR) is 243 cm³/mol. The second-order valence-electron chi connectivity index (χ2n) is 14.5. The number of nitrogens with zero attached hydrogens (tertiary/aromatic N) is 1. The standard InChI is InChI=1S/C56H39N/c1-4-16-40(17-5-1)42-28-30-46(31-29-42)55-53-26-14-12-24-51(53)52-25-13-15-27-54(52)56(55)57(47-36-32-43(33-37-47)41-18-6-2-7-19-41)48-38-34-45(35-39-48)50-23-11-10-22-49(50)44-20-8-3-9-21-44/h1-39H. The van der Waals surface area contributed by atoms with Gasteiger partial charge in [-0.2, -0.15) is 0 Å². The molecule has 10 rings (SSSR count). The summed E-state index contributed by atoms with van der Waals surface area (Å²) in [7, 11) is 0. The van der Waals surface area contributed by atoms with Crippen molar-refractivity contribution in [1.29, 1.82) is 0 Å². The molecule has 0 bridgehead atoms. The van der Waals surface area contributed by atoms with Gasteiger partial charge < -0.3 is 4.90 Å². The maximum absolute atomic E-state index is 2.47. The van der Waals surface area contributed by atoms with E-state index >= 15 is 0 Å². The molecule has 0 unspecified atom stereocenters. The van der Waals surface area contributed by atoms with Crippen LogP contribution in [0.15, 0.2) is 237 Å². The number of hydrogen-bond acceptors (Lipinski definition) is 1. The first-order valence-corrected chi connectivity index (χ1v) is 19.6. The van der Waals surface area contributed by atoms with Crippen molar-refractivity contribution < 1.29 is 0 Å². The minimum atomic E-state index is 1.09. The molecule has 0 heterocycles. The van der Waals surface area contributed by atoms with E-state index in [9.17, 15) is 0 Å². The molecule has 0 amide bonds. The second kappa shape index (κ2) is 15.0. The molecule has 0 aliphatic heterocycles. The predicted octanol–water partition coefficient (Wildman–Crippen LogP) is 15.8. The van der Waals surface area contributed by atoms with Crippen molar-refractivity contribution >= 4 is 38.6 Å². The Morgan fingerprint density at radius 3 is 1.04 bits per heavy atom. The first-order chi connectivity index (χ1) is 28.3. The summed E-state index contributed by atoms with van der Waals surface area (Å²) in [4.78, 5) is 2.47. The summed E-state index contributed by atoms with van der Waals surface area (Å²) in [6, 6.07) is 85.6. The van der Waals surface area contributed by atoms with Gasteiger partial charge in [-0.3, -0.25) is 0 Å². The molecule has 0 saturated carbocycles. The molecular formula is C56H39N. The minimum Gasteiger partial charge on any atom is -0.309 e. The van der Waals surface area contributed by atoms with E-state index in [1.807, 2.05) is 0 Å². The lowest BCUT2D eigenvalue weighted by molar-refractivity contribution is 1.30. The fourth-order valence-electron chi connectivity index (χ4n) is 8.34. The molecule has 0 saturated heterocycles. The van der Waals surface area contributed by atoms with Crippen molar-refractivity contribution in [2.75, 3.05) is 4.90 Å². The second-order valence-corrected chi connectivity index (χ2v) is 14.5. The van der Waals surface area contributed by atoms with Crippen LogP contribution in [0.2, 0.25) is 0 Å². The van der Waals surface area contributed by atoms with Crippen molar-refractivity contribution in [3.8, 4) is 55.6 Å². The SMILES string of the molecule is c1ccc(-c2ccc(-c3c(N(c4ccc(-c5ccccc5)cc4)c4ccc(-c5ccccc5-c5ccccc5)cc4)c4ccccc4c4ccccc34)cc2)cc1. The fraction of sp³-hybridized carbons (Fsp3) is 0. The Bertz CT molecular complexity index is 2950. The van der Waals surface area contributed by atoms with Crippen LogP contribution < -0.4 is 4.90 Å². The van der Waals surface area contributed by atoms with E-state index in [0.29, 0.717) is 0 Å². The lowest BCUT2D eigenvalue weighted by atomic mass is 9.89. The van der Waals surface area contributed by atoms with Crippen LogP contribution in [0.3, 0.4) is 0 Å². The molecule has 0 fully saturated rings. The van der Waals surface area contributed by atoms with Gasteiger partial charge in [-0.05, 0) is 90.5 Å². The van der Waals surface area contributed by atoms with Gasteiger partial charge in [-0.1, -0.05) is 212 Å². The average molecular weight is 726 g/mol. The van der Waals surface area contributed by atoms with E-state index in [-0.39, 0.29) is 0 Å². The number of rotatable bonds is 8. The van der Waals surface area contributed by atoms with Gasteiger partial charge in [0.25, 0.3) is 0 Å². The molecule has 10 aromatic rings. The van der Waals surface area contributed by atoms with Gasteiger partial charge in [0.2, 0.25) is 0 Å². The summed E-state index contributed by atoms with van der Waals surface area (Å²) >= 11 is 0.